The van der Waals surface area contributed by atoms with Gasteiger partial charge in [0, 0.05) is 11.6 Å². The zero-order valence-corrected chi connectivity index (χ0v) is 8.23. The van der Waals surface area contributed by atoms with Crippen molar-refractivity contribution < 1.29 is 4.74 Å². The monoisotopic (exact) mass is 190 g/mol. The van der Waals surface area contributed by atoms with Crippen molar-refractivity contribution in [3.8, 4) is 11.8 Å². The van der Waals surface area contributed by atoms with Crippen LogP contribution in [0.2, 0.25) is 0 Å². The molecule has 0 aliphatic carbocycles. The summed E-state index contributed by atoms with van der Waals surface area (Å²) in [5, 5.41) is 8.41. The Labute approximate surface area is 84.1 Å². The first-order valence-corrected chi connectivity index (χ1v) is 4.63. The molecule has 0 fully saturated rings. The Morgan fingerprint density at radius 3 is 2.86 bits per heavy atom. The molecule has 3 heteroatoms. The van der Waals surface area contributed by atoms with E-state index < -0.39 is 0 Å². The minimum absolute atomic E-state index is 0.0232. The summed E-state index contributed by atoms with van der Waals surface area (Å²) >= 11 is 0. The lowest BCUT2D eigenvalue weighted by Crippen LogP contribution is -2.10. The van der Waals surface area contributed by atoms with Crippen LogP contribution in [0.1, 0.15) is 24.9 Å². The van der Waals surface area contributed by atoms with Crippen LogP contribution in [0.3, 0.4) is 0 Å². The molecule has 14 heavy (non-hydrogen) atoms. The first kappa shape index (κ1) is 10.6. The van der Waals surface area contributed by atoms with Crippen LogP contribution in [0.15, 0.2) is 24.3 Å². The van der Waals surface area contributed by atoms with Crippen LogP contribution in [-0.4, -0.2) is 6.61 Å². The third-order valence-electron chi connectivity index (χ3n) is 2.05. The summed E-state index contributed by atoms with van der Waals surface area (Å²) in [6.45, 7) is 2.08. The van der Waals surface area contributed by atoms with Crippen LogP contribution in [0.4, 0.5) is 0 Å². The van der Waals surface area contributed by atoms with Crippen molar-refractivity contribution in [2.45, 2.75) is 19.4 Å². The summed E-state index contributed by atoms with van der Waals surface area (Å²) in [4.78, 5) is 0. The van der Waals surface area contributed by atoms with Crippen molar-refractivity contribution in [3.63, 3.8) is 0 Å². The zero-order valence-electron chi connectivity index (χ0n) is 8.23. The molecular weight excluding hydrogens is 176 g/mol. The molecule has 0 bridgehead atoms. The highest BCUT2D eigenvalue weighted by atomic mass is 16.5. The highest BCUT2D eigenvalue weighted by Crippen LogP contribution is 2.24. The number of hydrogen-bond acceptors (Lipinski definition) is 3. The molecular formula is C11H14N2O. The first-order chi connectivity index (χ1) is 6.79. The van der Waals surface area contributed by atoms with Gasteiger partial charge in [-0.05, 0) is 12.5 Å². The Bertz CT molecular complexity index is 330. The van der Waals surface area contributed by atoms with E-state index in [0.29, 0.717) is 5.75 Å². The largest absolute Gasteiger partial charge is 0.478 e. The minimum atomic E-state index is -0.0232. The highest BCUT2D eigenvalue weighted by Gasteiger charge is 2.08. The van der Waals surface area contributed by atoms with Gasteiger partial charge in [0.15, 0.2) is 6.61 Å². The van der Waals surface area contributed by atoms with Crippen LogP contribution < -0.4 is 10.5 Å². The topological polar surface area (TPSA) is 59.0 Å². The van der Waals surface area contributed by atoms with Crippen LogP contribution in [0.5, 0.6) is 5.75 Å². The van der Waals surface area contributed by atoms with E-state index in [4.69, 9.17) is 15.7 Å². The van der Waals surface area contributed by atoms with E-state index in [-0.39, 0.29) is 12.6 Å². The maximum atomic E-state index is 8.41. The highest BCUT2D eigenvalue weighted by molar-refractivity contribution is 5.35. The number of nitriles is 1. The van der Waals surface area contributed by atoms with Crippen LogP contribution >= 0.6 is 0 Å². The number of ether oxygens (including phenoxy) is 1. The predicted octanol–water partition coefficient (Wildman–Crippen LogP) is 2.00. The average Bonchev–Trinajstić information content (AvgIpc) is 2.25. The van der Waals surface area contributed by atoms with Crippen LogP contribution in [0, 0.1) is 11.3 Å². The number of nitrogens with two attached hydrogens (primary N) is 1. The fourth-order valence-corrected chi connectivity index (χ4v) is 1.25. The van der Waals surface area contributed by atoms with Gasteiger partial charge in [0.2, 0.25) is 0 Å². The van der Waals surface area contributed by atoms with Crippen molar-refractivity contribution in [2.75, 3.05) is 6.61 Å². The van der Waals surface area contributed by atoms with Gasteiger partial charge in [0.25, 0.3) is 0 Å². The summed E-state index contributed by atoms with van der Waals surface area (Å²) in [6, 6.07) is 9.48. The molecule has 0 aliphatic heterocycles. The molecule has 2 N–H and O–H groups in total. The van der Waals surface area contributed by atoms with Crippen molar-refractivity contribution >= 4 is 0 Å². The summed E-state index contributed by atoms with van der Waals surface area (Å²) in [5.74, 6) is 0.711. The summed E-state index contributed by atoms with van der Waals surface area (Å²) in [7, 11) is 0. The molecule has 0 radical (unpaired) electrons. The standard InChI is InChI=1S/C11H14N2O/c1-2-10(13)9-5-3-4-6-11(9)14-8-7-12/h3-6,10H,2,8,13H2,1H3/t10-/m0/s1. The van der Waals surface area contributed by atoms with Crippen molar-refractivity contribution in [1.29, 1.82) is 5.26 Å². The van der Waals surface area contributed by atoms with E-state index in [0.717, 1.165) is 12.0 Å². The molecule has 0 spiro atoms. The smallest absolute Gasteiger partial charge is 0.174 e. The Hall–Kier alpha value is -1.53. The molecule has 3 nitrogen and oxygen atoms in total. The van der Waals surface area contributed by atoms with Crippen LogP contribution in [0.25, 0.3) is 0 Å². The molecule has 0 heterocycles. The summed E-state index contributed by atoms with van der Waals surface area (Å²) < 4.78 is 5.27. The van der Waals surface area contributed by atoms with E-state index >= 15 is 0 Å². The van der Waals surface area contributed by atoms with Gasteiger partial charge in [-0.15, -0.1) is 0 Å². The molecule has 74 valence electrons. The van der Waals surface area contributed by atoms with Gasteiger partial charge in [-0.1, -0.05) is 25.1 Å². The number of nitrogens with zero attached hydrogens (tertiary/aromatic N) is 1. The van der Waals surface area contributed by atoms with Crippen molar-refractivity contribution in [2.24, 2.45) is 5.73 Å². The van der Waals surface area contributed by atoms with E-state index in [1.807, 2.05) is 37.3 Å². The second kappa shape index (κ2) is 5.25. The molecule has 0 aliphatic rings. The number of hydrogen-bond donors (Lipinski definition) is 1. The molecule has 0 saturated carbocycles. The van der Waals surface area contributed by atoms with Gasteiger partial charge < -0.3 is 10.5 Å². The quantitative estimate of drug-likeness (QED) is 0.789. The maximum Gasteiger partial charge on any atom is 0.174 e. The lowest BCUT2D eigenvalue weighted by Gasteiger charge is -2.13. The molecule has 1 atom stereocenters. The Kier molecular flexibility index (Phi) is 3.96. The van der Waals surface area contributed by atoms with E-state index in [2.05, 4.69) is 0 Å². The Balaban J connectivity index is 2.86. The fourth-order valence-electron chi connectivity index (χ4n) is 1.25. The summed E-state index contributed by atoms with van der Waals surface area (Å²) in [6.07, 6.45) is 0.854. The molecule has 0 amide bonds. The third kappa shape index (κ3) is 2.48. The van der Waals surface area contributed by atoms with Gasteiger partial charge in [-0.25, -0.2) is 0 Å². The second-order valence-electron chi connectivity index (χ2n) is 3.00. The van der Waals surface area contributed by atoms with Gasteiger partial charge in [-0.2, -0.15) is 5.26 Å². The maximum absolute atomic E-state index is 8.41. The third-order valence-corrected chi connectivity index (χ3v) is 2.05. The molecule has 0 aromatic heterocycles. The normalized spacial score (nSPS) is 11.8. The van der Waals surface area contributed by atoms with Gasteiger partial charge in [0.05, 0.1) is 0 Å². The van der Waals surface area contributed by atoms with E-state index in [9.17, 15) is 0 Å². The van der Waals surface area contributed by atoms with Gasteiger partial charge in [0.1, 0.15) is 11.8 Å². The number of para-hydroxylation sites is 1. The predicted molar refractivity (Wildman–Crippen MR) is 54.8 cm³/mol. The average molecular weight is 190 g/mol. The second-order valence-corrected chi connectivity index (χ2v) is 3.00. The van der Waals surface area contributed by atoms with E-state index in [1.54, 1.807) is 0 Å². The zero-order chi connectivity index (χ0) is 10.4. The van der Waals surface area contributed by atoms with Crippen molar-refractivity contribution in [1.82, 2.24) is 0 Å². The Morgan fingerprint density at radius 1 is 1.50 bits per heavy atom. The van der Waals surface area contributed by atoms with E-state index in [1.165, 1.54) is 0 Å². The lowest BCUT2D eigenvalue weighted by atomic mass is 10.0. The SMILES string of the molecule is CC[C@H](N)c1ccccc1OCC#N. The summed E-state index contributed by atoms with van der Waals surface area (Å²) in [5.41, 5.74) is 6.87. The fraction of sp³-hybridized carbons (Fsp3) is 0.364. The Morgan fingerprint density at radius 2 is 2.21 bits per heavy atom. The molecule has 0 saturated heterocycles. The van der Waals surface area contributed by atoms with Gasteiger partial charge in [-0.3, -0.25) is 0 Å². The lowest BCUT2D eigenvalue weighted by molar-refractivity contribution is 0.360. The molecule has 1 aromatic rings. The molecule has 1 aromatic carbocycles. The molecule has 1 rings (SSSR count). The number of benzene rings is 1. The first-order valence-electron chi connectivity index (χ1n) is 4.63. The molecule has 0 unspecified atom stereocenters. The number of rotatable bonds is 4. The van der Waals surface area contributed by atoms with Crippen molar-refractivity contribution in [3.05, 3.63) is 29.8 Å². The van der Waals surface area contributed by atoms with Gasteiger partial charge >= 0.3 is 0 Å². The van der Waals surface area contributed by atoms with Crippen LogP contribution in [-0.2, 0) is 0 Å². The minimum Gasteiger partial charge on any atom is -0.478 e.